The van der Waals surface area contributed by atoms with Crippen LogP contribution in [0.2, 0.25) is 0 Å². The van der Waals surface area contributed by atoms with Gasteiger partial charge in [-0.1, -0.05) is 229 Å². The number of halogens is 1. The fourth-order valence-corrected chi connectivity index (χ4v) is 11.9. The molecule has 508 valence electrons. The number of phosphoric acid groups is 2. The number of carbonyl (C=O) groups excluding carboxylic acids is 1. The van der Waals surface area contributed by atoms with Gasteiger partial charge in [-0.15, -0.1) is 0 Å². The normalized spacial score (nSPS) is 14.4. The molecule has 0 fully saturated rings. The van der Waals surface area contributed by atoms with Crippen molar-refractivity contribution >= 4 is 43.5 Å². The second-order valence-corrected chi connectivity index (χ2v) is 27.0. The van der Waals surface area contributed by atoms with Crippen LogP contribution in [-0.4, -0.2) is 113 Å². The van der Waals surface area contributed by atoms with Gasteiger partial charge in [-0.05, 0) is 63.2 Å². The Balaban J connectivity index is 0.00000169. The number of hydrogen-bond acceptors (Lipinski definition) is 14. The molecular formula is C66H126BrNO16P2. The molecular weight excluding hydrogens is 1200 g/mol. The van der Waals surface area contributed by atoms with Gasteiger partial charge in [0.1, 0.15) is 18.8 Å². The van der Waals surface area contributed by atoms with Crippen molar-refractivity contribution in [3.8, 4) is 0 Å². The highest BCUT2D eigenvalue weighted by Gasteiger charge is 2.25. The van der Waals surface area contributed by atoms with E-state index in [0.29, 0.717) is 82.2 Å². The standard InChI is InChI=1S/C35H64NO8P.C31H62BrO8P/c1-3-5-7-9-11-12-14-17-23-33(22-16-13-10-8-6-4-2)30-41-31-34(42-28-21-18-24-35(37)38)32-44-45(39,40)43-29-27-36-25-19-15-20-26-36;1-4-6-8-10-12-13-15-17-21-29(20-16-14-11-9-7-5-2)26-37-27-30(28-40-41(34,35)39-25-23-32)38-24-19-18-22-31(33)36-3/h15,19-20,25-26,33-34H,3-14,16-18,21-24,27-32H2,1-2H3,(H-,37,38,39,40);29-30H,4-28H2,1-3H3,(H,34,35). The van der Waals surface area contributed by atoms with E-state index in [1.807, 2.05) is 35.2 Å². The SMILES string of the molecule is CCCCCCCCCCC(CCCCCCCC)COCC(COP(=O)(O)OCCBr)OCCCCC(=O)OC.CCCCCCCCCCC(CCCCCCCC)COCC(COP(=O)([O-])OCC[n+]1ccccc1)OCCCCC(=O)O. The number of unbranched alkanes of at least 4 members (excludes halogenated alkanes) is 26. The third-order valence-corrected chi connectivity index (χ3v) is 17.5. The molecule has 0 saturated heterocycles. The molecule has 20 heteroatoms. The fraction of sp³-hybridized carbons (Fsp3) is 0.894. The van der Waals surface area contributed by atoms with Gasteiger partial charge in [-0.25, -0.2) is 9.13 Å². The molecule has 0 aromatic carbocycles. The summed E-state index contributed by atoms with van der Waals surface area (Å²) >= 11 is 3.18. The molecule has 0 amide bonds. The number of aromatic nitrogens is 1. The maximum atomic E-state index is 12.4. The van der Waals surface area contributed by atoms with E-state index in [9.17, 15) is 28.5 Å². The number of aliphatic carboxylic acids is 1. The number of hydrogen-bond donors (Lipinski definition) is 2. The molecule has 0 aliphatic heterocycles. The van der Waals surface area contributed by atoms with Crippen molar-refractivity contribution in [2.75, 3.05) is 78.5 Å². The molecule has 0 spiro atoms. The molecule has 1 heterocycles. The van der Waals surface area contributed by atoms with E-state index >= 15 is 0 Å². The number of methoxy groups -OCH3 is 1. The summed E-state index contributed by atoms with van der Waals surface area (Å²) < 4.78 is 75.5. The Kier molecular flexibility index (Phi) is 61.4. The summed E-state index contributed by atoms with van der Waals surface area (Å²) in [5.41, 5.74) is 0. The van der Waals surface area contributed by atoms with Gasteiger partial charge < -0.3 is 47.6 Å². The summed E-state index contributed by atoms with van der Waals surface area (Å²) in [5, 5.41) is 9.33. The Morgan fingerprint density at radius 1 is 0.477 bits per heavy atom. The molecule has 86 heavy (non-hydrogen) atoms. The zero-order chi connectivity index (χ0) is 63.3. The van der Waals surface area contributed by atoms with E-state index in [-0.39, 0.29) is 52.0 Å². The molecule has 6 unspecified atom stereocenters. The predicted octanol–water partition coefficient (Wildman–Crippen LogP) is 17.2. The van der Waals surface area contributed by atoms with Crippen LogP contribution in [0, 0.1) is 11.8 Å². The third kappa shape index (κ3) is 59.0. The topological polar surface area (TPSA) is 219 Å². The molecule has 1 aromatic heterocycles. The van der Waals surface area contributed by atoms with Crippen molar-refractivity contribution < 1.29 is 80.0 Å². The van der Waals surface area contributed by atoms with Crippen LogP contribution in [-0.2, 0) is 67.0 Å². The lowest BCUT2D eigenvalue weighted by Gasteiger charge is -2.26. The molecule has 0 aliphatic rings. The zero-order valence-electron chi connectivity index (χ0n) is 54.9. The van der Waals surface area contributed by atoms with Gasteiger partial charge in [0, 0.05) is 56.7 Å². The summed E-state index contributed by atoms with van der Waals surface area (Å²) in [4.78, 5) is 44.5. The van der Waals surface area contributed by atoms with Gasteiger partial charge in [0.25, 0.3) is 7.82 Å². The number of carboxylic acid groups (broad SMARTS) is 1. The van der Waals surface area contributed by atoms with E-state index < -0.39 is 33.8 Å². The Morgan fingerprint density at radius 2 is 0.872 bits per heavy atom. The van der Waals surface area contributed by atoms with Gasteiger partial charge in [0.05, 0.1) is 40.1 Å². The highest BCUT2D eigenvalue weighted by Crippen LogP contribution is 2.43. The van der Waals surface area contributed by atoms with Crippen molar-refractivity contribution in [2.45, 2.75) is 290 Å². The first-order valence-corrected chi connectivity index (χ1v) is 38.2. The number of esters is 1. The van der Waals surface area contributed by atoms with E-state index in [1.54, 1.807) is 0 Å². The highest BCUT2D eigenvalue weighted by molar-refractivity contribution is 9.09. The Bertz CT molecular complexity index is 1730. The van der Waals surface area contributed by atoms with Gasteiger partial charge >= 0.3 is 19.8 Å². The average Bonchev–Trinajstić information content (AvgIpc) is 3.66. The van der Waals surface area contributed by atoms with Crippen molar-refractivity contribution in [3.63, 3.8) is 0 Å². The number of alkyl halides is 1. The summed E-state index contributed by atoms with van der Waals surface area (Å²) in [7, 11) is -7.31. The molecule has 0 aliphatic carbocycles. The molecule has 6 atom stereocenters. The summed E-state index contributed by atoms with van der Waals surface area (Å²) in [6.45, 7) is 11.6. The molecule has 1 rings (SSSR count). The van der Waals surface area contributed by atoms with Crippen LogP contribution >= 0.6 is 31.6 Å². The van der Waals surface area contributed by atoms with Gasteiger partial charge in [-0.3, -0.25) is 23.2 Å². The third-order valence-electron chi connectivity index (χ3n) is 15.2. The quantitative estimate of drug-likeness (QED) is 0.0204. The number of ether oxygens (including phenoxy) is 5. The maximum absolute atomic E-state index is 12.4. The Morgan fingerprint density at radius 3 is 1.27 bits per heavy atom. The number of carboxylic acids is 1. The van der Waals surface area contributed by atoms with E-state index in [0.717, 1.165) is 12.8 Å². The number of phosphoric ester groups is 2. The number of pyridine rings is 1. The van der Waals surface area contributed by atoms with Crippen LogP contribution in [0.25, 0.3) is 0 Å². The van der Waals surface area contributed by atoms with Crippen molar-refractivity contribution in [1.29, 1.82) is 0 Å². The van der Waals surface area contributed by atoms with Crippen molar-refractivity contribution in [3.05, 3.63) is 30.6 Å². The van der Waals surface area contributed by atoms with Crippen molar-refractivity contribution in [2.24, 2.45) is 11.8 Å². The van der Waals surface area contributed by atoms with Crippen LogP contribution < -0.4 is 9.46 Å². The number of rotatable bonds is 65. The second kappa shape index (κ2) is 62.4. The molecule has 0 radical (unpaired) electrons. The average molecular weight is 1330 g/mol. The molecule has 2 N–H and O–H groups in total. The van der Waals surface area contributed by atoms with Gasteiger partial charge in [0.2, 0.25) is 0 Å². The molecule has 0 bridgehead atoms. The first-order chi connectivity index (χ1) is 41.7. The smallest absolute Gasteiger partial charge is 0.472 e. The number of nitrogens with zero attached hydrogens (tertiary/aromatic N) is 1. The Labute approximate surface area is 532 Å². The van der Waals surface area contributed by atoms with Crippen LogP contribution in [0.3, 0.4) is 0 Å². The maximum Gasteiger partial charge on any atom is 0.472 e. The summed E-state index contributed by atoms with van der Waals surface area (Å²) in [6.07, 6.45) is 46.2. The first kappa shape index (κ1) is 84.6. The van der Waals surface area contributed by atoms with Crippen LogP contribution in [0.5, 0.6) is 0 Å². The fourth-order valence-electron chi connectivity index (χ4n) is 9.97. The molecule has 17 nitrogen and oxygen atoms in total. The lowest BCUT2D eigenvalue weighted by molar-refractivity contribution is -0.697. The molecule has 0 saturated carbocycles. The van der Waals surface area contributed by atoms with E-state index in [4.69, 9.17) is 42.1 Å². The molecule has 1 aromatic rings. The monoisotopic (exact) mass is 1330 g/mol. The Hall–Kier alpha value is -1.37. The van der Waals surface area contributed by atoms with E-state index in [2.05, 4.69) is 48.4 Å². The van der Waals surface area contributed by atoms with Crippen LogP contribution in [0.4, 0.5) is 0 Å². The minimum absolute atomic E-state index is 0.0362. The minimum atomic E-state index is -4.53. The van der Waals surface area contributed by atoms with Crippen LogP contribution in [0.1, 0.15) is 272 Å². The van der Waals surface area contributed by atoms with Gasteiger partial charge in [0.15, 0.2) is 18.9 Å². The van der Waals surface area contributed by atoms with Crippen molar-refractivity contribution in [1.82, 2.24) is 0 Å². The summed E-state index contributed by atoms with van der Waals surface area (Å²) in [6, 6.07) is 5.61. The van der Waals surface area contributed by atoms with Crippen LogP contribution in [0.15, 0.2) is 30.6 Å². The lowest BCUT2D eigenvalue weighted by Crippen LogP contribution is -2.35. The first-order valence-electron chi connectivity index (χ1n) is 34.1. The second-order valence-electron chi connectivity index (χ2n) is 23.3. The minimum Gasteiger partial charge on any atom is -0.756 e. The predicted molar refractivity (Wildman–Crippen MR) is 348 cm³/mol. The number of carbonyl (C=O) groups is 2. The highest BCUT2D eigenvalue weighted by atomic mass is 79.9. The largest absolute Gasteiger partial charge is 0.756 e. The van der Waals surface area contributed by atoms with Gasteiger partial charge in [-0.2, -0.15) is 0 Å². The zero-order valence-corrected chi connectivity index (χ0v) is 58.3. The lowest BCUT2D eigenvalue weighted by atomic mass is 9.94. The summed E-state index contributed by atoms with van der Waals surface area (Å²) in [5.74, 6) is -0.109. The van der Waals surface area contributed by atoms with E-state index in [1.165, 1.54) is 200 Å².